The van der Waals surface area contributed by atoms with Crippen LogP contribution in [0.3, 0.4) is 0 Å². The molecule has 1 amide bonds. The summed E-state index contributed by atoms with van der Waals surface area (Å²) in [7, 11) is 1.67. The van der Waals surface area contributed by atoms with Crippen molar-refractivity contribution in [3.8, 4) is 0 Å². The Kier molecular flexibility index (Phi) is 7.15. The number of methoxy groups -OCH3 is 1. The van der Waals surface area contributed by atoms with Crippen LogP contribution in [-0.4, -0.2) is 19.1 Å². The number of benzene rings is 1. The first kappa shape index (κ1) is 15.7. The molecule has 0 aliphatic rings. The summed E-state index contributed by atoms with van der Waals surface area (Å²) < 4.78 is 5.14. The maximum atomic E-state index is 11.7. The summed E-state index contributed by atoms with van der Waals surface area (Å²) in [6.45, 7) is 3.08. The third-order valence-electron chi connectivity index (χ3n) is 2.96. The Morgan fingerprint density at radius 1 is 1.37 bits per heavy atom. The molecule has 0 spiro atoms. The van der Waals surface area contributed by atoms with E-state index in [1.54, 1.807) is 7.11 Å². The van der Waals surface area contributed by atoms with Crippen LogP contribution in [0.5, 0.6) is 0 Å². The third-order valence-corrected chi connectivity index (χ3v) is 2.96. The zero-order chi connectivity index (χ0) is 14.1. The largest absolute Gasteiger partial charge is 0.380 e. The Labute approximate surface area is 115 Å². The van der Waals surface area contributed by atoms with Gasteiger partial charge in [-0.05, 0) is 30.9 Å². The molecule has 19 heavy (non-hydrogen) atoms. The zero-order valence-electron chi connectivity index (χ0n) is 11.8. The van der Waals surface area contributed by atoms with Crippen LogP contribution in [0, 0.1) is 0 Å². The van der Waals surface area contributed by atoms with Gasteiger partial charge in [-0.2, -0.15) is 0 Å². The van der Waals surface area contributed by atoms with Gasteiger partial charge in [-0.1, -0.05) is 24.3 Å². The molecule has 1 atom stereocenters. The molecule has 0 heterocycles. The molecule has 106 valence electrons. The third kappa shape index (κ3) is 6.36. The van der Waals surface area contributed by atoms with Gasteiger partial charge in [-0.25, -0.2) is 0 Å². The number of carbonyl (C=O) groups is 1. The van der Waals surface area contributed by atoms with Crippen LogP contribution >= 0.6 is 0 Å². The fourth-order valence-electron chi connectivity index (χ4n) is 1.89. The highest BCUT2D eigenvalue weighted by atomic mass is 16.5. The van der Waals surface area contributed by atoms with Crippen molar-refractivity contribution in [1.82, 2.24) is 5.32 Å². The van der Waals surface area contributed by atoms with E-state index in [2.05, 4.69) is 5.32 Å². The number of amides is 1. The minimum absolute atomic E-state index is 0.0767. The number of hydrogen-bond acceptors (Lipinski definition) is 3. The van der Waals surface area contributed by atoms with Gasteiger partial charge in [-0.3, -0.25) is 4.79 Å². The number of ether oxygens (including phenoxy) is 1. The molecule has 1 aromatic carbocycles. The Balaban J connectivity index is 2.37. The van der Waals surface area contributed by atoms with Crippen molar-refractivity contribution in [2.45, 2.75) is 45.4 Å². The number of carbonyl (C=O) groups excluding carboxylic acids is 1. The monoisotopic (exact) mass is 264 g/mol. The molecule has 0 aliphatic carbocycles. The maximum absolute atomic E-state index is 11.7. The summed E-state index contributed by atoms with van der Waals surface area (Å²) in [5.74, 6) is 0.0767. The second-order valence-electron chi connectivity index (χ2n) is 4.85. The van der Waals surface area contributed by atoms with Crippen molar-refractivity contribution >= 4 is 5.91 Å². The summed E-state index contributed by atoms with van der Waals surface area (Å²) in [4.78, 5) is 11.7. The predicted molar refractivity (Wildman–Crippen MR) is 76.5 cm³/mol. The quantitative estimate of drug-likeness (QED) is 0.754. The molecule has 0 bridgehead atoms. The van der Waals surface area contributed by atoms with Crippen LogP contribution in [0.25, 0.3) is 0 Å². The molecular formula is C15H24N2O2. The van der Waals surface area contributed by atoms with Crippen LogP contribution in [0.15, 0.2) is 24.3 Å². The summed E-state index contributed by atoms with van der Waals surface area (Å²) >= 11 is 0. The Hall–Kier alpha value is -1.39. The van der Waals surface area contributed by atoms with Gasteiger partial charge in [0.2, 0.25) is 5.91 Å². The Morgan fingerprint density at radius 3 is 2.68 bits per heavy atom. The van der Waals surface area contributed by atoms with Gasteiger partial charge in [0.05, 0.1) is 6.61 Å². The van der Waals surface area contributed by atoms with E-state index in [-0.39, 0.29) is 11.9 Å². The van der Waals surface area contributed by atoms with Crippen molar-refractivity contribution in [2.24, 2.45) is 5.73 Å². The van der Waals surface area contributed by atoms with Crippen molar-refractivity contribution in [3.05, 3.63) is 35.4 Å². The first-order valence-electron chi connectivity index (χ1n) is 6.71. The van der Waals surface area contributed by atoms with Gasteiger partial charge < -0.3 is 15.8 Å². The second kappa shape index (κ2) is 8.67. The topological polar surface area (TPSA) is 64.3 Å². The van der Waals surface area contributed by atoms with E-state index in [0.717, 1.165) is 24.0 Å². The fourth-order valence-corrected chi connectivity index (χ4v) is 1.89. The van der Waals surface area contributed by atoms with Crippen LogP contribution in [0.4, 0.5) is 0 Å². The lowest BCUT2D eigenvalue weighted by molar-refractivity contribution is -0.121. The SMILES string of the molecule is COCc1ccccc1CNC(=O)CCCC(C)N. The first-order valence-corrected chi connectivity index (χ1v) is 6.71. The highest BCUT2D eigenvalue weighted by molar-refractivity contribution is 5.75. The number of nitrogens with one attached hydrogen (secondary N) is 1. The molecule has 0 saturated carbocycles. The van der Waals surface area contributed by atoms with Gasteiger partial charge in [0.25, 0.3) is 0 Å². The van der Waals surface area contributed by atoms with Gasteiger partial charge in [-0.15, -0.1) is 0 Å². The van der Waals surface area contributed by atoms with E-state index in [4.69, 9.17) is 10.5 Å². The predicted octanol–water partition coefficient (Wildman–Crippen LogP) is 1.97. The molecule has 1 rings (SSSR count). The van der Waals surface area contributed by atoms with E-state index in [9.17, 15) is 4.79 Å². The van der Waals surface area contributed by atoms with E-state index in [1.165, 1.54) is 0 Å². The Bertz CT molecular complexity index is 391. The second-order valence-corrected chi connectivity index (χ2v) is 4.85. The van der Waals surface area contributed by atoms with Crippen molar-refractivity contribution in [1.29, 1.82) is 0 Å². The van der Waals surface area contributed by atoms with E-state index < -0.39 is 0 Å². The standard InChI is InChI=1S/C15H24N2O2/c1-12(16)6-5-9-15(18)17-10-13-7-3-4-8-14(13)11-19-2/h3-4,7-8,12H,5-6,9-11,16H2,1-2H3,(H,17,18). The number of nitrogens with two attached hydrogens (primary N) is 1. The molecule has 0 aromatic heterocycles. The van der Waals surface area contributed by atoms with E-state index in [1.807, 2.05) is 31.2 Å². The van der Waals surface area contributed by atoms with Gasteiger partial charge in [0.1, 0.15) is 0 Å². The summed E-state index contributed by atoms with van der Waals surface area (Å²) in [6.07, 6.45) is 2.25. The van der Waals surface area contributed by atoms with Crippen LogP contribution < -0.4 is 11.1 Å². The highest BCUT2D eigenvalue weighted by Gasteiger charge is 2.05. The normalized spacial score (nSPS) is 12.2. The summed E-state index contributed by atoms with van der Waals surface area (Å²) in [5.41, 5.74) is 7.86. The fraction of sp³-hybridized carbons (Fsp3) is 0.533. The molecule has 1 unspecified atom stereocenters. The zero-order valence-corrected chi connectivity index (χ0v) is 11.8. The molecule has 3 N–H and O–H groups in total. The lowest BCUT2D eigenvalue weighted by Crippen LogP contribution is -2.24. The van der Waals surface area contributed by atoms with Crippen molar-refractivity contribution in [3.63, 3.8) is 0 Å². The van der Waals surface area contributed by atoms with Crippen LogP contribution in [0.1, 0.15) is 37.3 Å². The molecule has 0 aliphatic heterocycles. The average molecular weight is 264 g/mol. The van der Waals surface area contributed by atoms with Crippen LogP contribution in [-0.2, 0) is 22.7 Å². The number of hydrogen-bond donors (Lipinski definition) is 2. The van der Waals surface area contributed by atoms with Gasteiger partial charge in [0, 0.05) is 26.1 Å². The van der Waals surface area contributed by atoms with Crippen LogP contribution in [0.2, 0.25) is 0 Å². The van der Waals surface area contributed by atoms with Gasteiger partial charge >= 0.3 is 0 Å². The van der Waals surface area contributed by atoms with Crippen molar-refractivity contribution in [2.75, 3.05) is 7.11 Å². The molecular weight excluding hydrogens is 240 g/mol. The molecule has 0 saturated heterocycles. The molecule has 4 nitrogen and oxygen atoms in total. The molecule has 0 fully saturated rings. The molecule has 4 heteroatoms. The highest BCUT2D eigenvalue weighted by Crippen LogP contribution is 2.09. The lowest BCUT2D eigenvalue weighted by Gasteiger charge is -2.10. The maximum Gasteiger partial charge on any atom is 0.220 e. The summed E-state index contributed by atoms with van der Waals surface area (Å²) in [6, 6.07) is 8.13. The molecule has 1 aromatic rings. The Morgan fingerprint density at radius 2 is 2.05 bits per heavy atom. The smallest absolute Gasteiger partial charge is 0.220 e. The van der Waals surface area contributed by atoms with E-state index in [0.29, 0.717) is 19.6 Å². The molecule has 0 radical (unpaired) electrons. The number of rotatable bonds is 8. The lowest BCUT2D eigenvalue weighted by atomic mass is 10.1. The minimum Gasteiger partial charge on any atom is -0.380 e. The van der Waals surface area contributed by atoms with Gasteiger partial charge in [0.15, 0.2) is 0 Å². The first-order chi connectivity index (χ1) is 9.13. The minimum atomic E-state index is 0.0767. The average Bonchev–Trinajstić information content (AvgIpc) is 2.37. The van der Waals surface area contributed by atoms with E-state index >= 15 is 0 Å². The van der Waals surface area contributed by atoms with Crippen molar-refractivity contribution < 1.29 is 9.53 Å². The summed E-state index contributed by atoms with van der Waals surface area (Å²) in [5, 5.41) is 2.94.